The lowest BCUT2D eigenvalue weighted by molar-refractivity contribution is -0.138. The number of hydrogen-bond donors (Lipinski definition) is 0. The Labute approximate surface area is 149 Å². The summed E-state index contributed by atoms with van der Waals surface area (Å²) in [6.45, 7) is 0. The quantitative estimate of drug-likeness (QED) is 0.396. The Morgan fingerprint density at radius 1 is 1.04 bits per heavy atom. The molecule has 3 nitrogen and oxygen atoms in total. The molecular weight excluding hydrogens is 386 g/mol. The van der Waals surface area contributed by atoms with E-state index in [0.29, 0.717) is 6.20 Å². The summed E-state index contributed by atoms with van der Waals surface area (Å²) < 4.78 is 75.8. The normalized spacial score (nSPS) is 13.0. The Bertz CT molecular complexity index is 800. The van der Waals surface area contributed by atoms with Crippen molar-refractivity contribution in [1.29, 1.82) is 0 Å². The fourth-order valence-corrected chi connectivity index (χ4v) is 2.29. The van der Waals surface area contributed by atoms with E-state index < -0.39 is 23.5 Å². The van der Waals surface area contributed by atoms with Crippen molar-refractivity contribution in [3.8, 4) is 0 Å². The maximum absolute atomic E-state index is 12.6. The van der Waals surface area contributed by atoms with E-state index in [4.69, 9.17) is 11.6 Å². The molecule has 0 radical (unpaired) electrons. The summed E-state index contributed by atoms with van der Waals surface area (Å²) in [4.78, 5) is 8.34. The highest BCUT2D eigenvalue weighted by Gasteiger charge is 2.32. The number of halogens is 7. The molecule has 1 aromatic carbocycles. The molecule has 0 saturated carbocycles. The number of rotatable bonds is 4. The van der Waals surface area contributed by atoms with Crippen LogP contribution in [0.1, 0.15) is 22.4 Å². The molecule has 0 spiro atoms. The van der Waals surface area contributed by atoms with Gasteiger partial charge in [0.2, 0.25) is 0 Å². The van der Waals surface area contributed by atoms with Gasteiger partial charge in [-0.25, -0.2) is 0 Å². The van der Waals surface area contributed by atoms with Crippen LogP contribution in [0.5, 0.6) is 0 Å². The summed E-state index contributed by atoms with van der Waals surface area (Å²) >= 11 is 5.85. The van der Waals surface area contributed by atoms with E-state index in [0.717, 1.165) is 18.2 Å². The van der Waals surface area contributed by atoms with E-state index in [1.54, 1.807) is 0 Å². The van der Waals surface area contributed by atoms with Gasteiger partial charge in [-0.15, -0.1) is 0 Å². The smallest absolute Gasteiger partial charge is 0.399 e. The van der Waals surface area contributed by atoms with Crippen LogP contribution in [0.4, 0.5) is 26.3 Å². The number of nitrogens with zero attached hydrogens (tertiary/aromatic N) is 2. The SMILES string of the molecule is CO/N=C(/Cc1ncc(C(F)(F)F)cc1Cl)c1ccc(C(F)(F)F)cc1. The molecule has 0 aliphatic carbocycles. The van der Waals surface area contributed by atoms with Crippen molar-refractivity contribution in [3.05, 3.63) is 63.9 Å². The van der Waals surface area contributed by atoms with Gasteiger partial charge in [-0.2, -0.15) is 26.3 Å². The number of oxime groups is 1. The lowest BCUT2D eigenvalue weighted by atomic mass is 10.0. The van der Waals surface area contributed by atoms with Gasteiger partial charge in [0.25, 0.3) is 0 Å². The second-order valence-electron chi connectivity index (χ2n) is 5.12. The van der Waals surface area contributed by atoms with Gasteiger partial charge in [0.1, 0.15) is 7.11 Å². The fraction of sp³-hybridized carbons (Fsp3) is 0.250. The summed E-state index contributed by atoms with van der Waals surface area (Å²) in [6, 6.07) is 4.81. The van der Waals surface area contributed by atoms with Gasteiger partial charge in [0.15, 0.2) is 0 Å². The highest BCUT2D eigenvalue weighted by atomic mass is 35.5. The standard InChI is InChI=1S/C16H11ClF6N2O/c1-26-25-13(9-2-4-10(5-3-9)15(18,19)20)7-14-12(17)6-11(8-24-14)16(21,22)23/h2-6,8H,7H2,1H3/b25-13-. The highest BCUT2D eigenvalue weighted by Crippen LogP contribution is 2.32. The summed E-state index contributed by atoms with van der Waals surface area (Å²) in [5.74, 6) is 0. The van der Waals surface area contributed by atoms with Crippen molar-refractivity contribution in [2.45, 2.75) is 18.8 Å². The molecule has 140 valence electrons. The Kier molecular flexibility index (Phi) is 5.80. The maximum Gasteiger partial charge on any atom is 0.417 e. The van der Waals surface area contributed by atoms with Gasteiger partial charge in [0, 0.05) is 12.6 Å². The molecule has 26 heavy (non-hydrogen) atoms. The minimum Gasteiger partial charge on any atom is -0.399 e. The molecule has 2 rings (SSSR count). The molecule has 0 atom stereocenters. The predicted octanol–water partition coefficient (Wildman–Crippen LogP) is 5.37. The van der Waals surface area contributed by atoms with Crippen LogP contribution in [0, 0.1) is 0 Å². The molecule has 2 aromatic rings. The van der Waals surface area contributed by atoms with Gasteiger partial charge < -0.3 is 4.84 Å². The zero-order chi connectivity index (χ0) is 19.5. The van der Waals surface area contributed by atoms with Crippen molar-refractivity contribution >= 4 is 17.3 Å². The third kappa shape index (κ3) is 4.87. The van der Waals surface area contributed by atoms with Crippen LogP contribution in [-0.4, -0.2) is 17.8 Å². The molecule has 0 aliphatic heterocycles. The first-order chi connectivity index (χ1) is 12.0. The van der Waals surface area contributed by atoms with Crippen LogP contribution in [0.25, 0.3) is 0 Å². The van der Waals surface area contributed by atoms with Crippen molar-refractivity contribution in [2.75, 3.05) is 7.11 Å². The van der Waals surface area contributed by atoms with Crippen LogP contribution in [-0.2, 0) is 23.6 Å². The fourth-order valence-electron chi connectivity index (χ4n) is 2.06. The lowest BCUT2D eigenvalue weighted by Crippen LogP contribution is -2.11. The largest absolute Gasteiger partial charge is 0.417 e. The number of aromatic nitrogens is 1. The number of benzene rings is 1. The third-order valence-electron chi connectivity index (χ3n) is 3.33. The van der Waals surface area contributed by atoms with Crippen molar-refractivity contribution in [3.63, 3.8) is 0 Å². The van der Waals surface area contributed by atoms with Gasteiger partial charge in [-0.05, 0) is 23.8 Å². The predicted molar refractivity (Wildman–Crippen MR) is 82.9 cm³/mol. The number of pyridine rings is 1. The maximum atomic E-state index is 12.6. The lowest BCUT2D eigenvalue weighted by Gasteiger charge is -2.11. The first-order valence-electron chi connectivity index (χ1n) is 7.01. The minimum atomic E-state index is -4.59. The zero-order valence-electron chi connectivity index (χ0n) is 13.1. The van der Waals surface area contributed by atoms with E-state index in [9.17, 15) is 26.3 Å². The number of alkyl halides is 6. The van der Waals surface area contributed by atoms with Crippen molar-refractivity contribution < 1.29 is 31.2 Å². The van der Waals surface area contributed by atoms with Gasteiger partial charge in [-0.3, -0.25) is 4.98 Å². The second kappa shape index (κ2) is 7.53. The van der Waals surface area contributed by atoms with Crippen LogP contribution in [0.2, 0.25) is 5.02 Å². The average molecular weight is 397 g/mol. The van der Waals surface area contributed by atoms with Crippen LogP contribution >= 0.6 is 11.6 Å². The van der Waals surface area contributed by atoms with Crippen molar-refractivity contribution in [1.82, 2.24) is 4.98 Å². The van der Waals surface area contributed by atoms with E-state index in [2.05, 4.69) is 15.0 Å². The first-order valence-corrected chi connectivity index (χ1v) is 7.39. The molecule has 0 fully saturated rings. The van der Waals surface area contributed by atoms with E-state index in [1.807, 2.05) is 0 Å². The summed E-state index contributed by atoms with van der Waals surface area (Å²) in [6.07, 6.45) is -8.59. The molecule has 0 N–H and O–H groups in total. The van der Waals surface area contributed by atoms with Gasteiger partial charge >= 0.3 is 12.4 Å². The number of hydrogen-bond acceptors (Lipinski definition) is 3. The molecule has 1 heterocycles. The molecular formula is C16H11ClF6N2O. The van der Waals surface area contributed by atoms with Crippen molar-refractivity contribution in [2.24, 2.45) is 5.16 Å². The summed E-state index contributed by atoms with van der Waals surface area (Å²) in [5, 5.41) is 3.47. The minimum absolute atomic E-state index is 0.0790. The Morgan fingerprint density at radius 3 is 2.08 bits per heavy atom. The monoisotopic (exact) mass is 396 g/mol. The molecule has 0 aliphatic rings. The molecule has 10 heteroatoms. The van der Waals surface area contributed by atoms with Crippen LogP contribution in [0.3, 0.4) is 0 Å². The summed E-state index contributed by atoms with van der Waals surface area (Å²) in [7, 11) is 1.23. The van der Waals surface area contributed by atoms with Gasteiger partial charge in [0.05, 0.1) is 27.6 Å². The van der Waals surface area contributed by atoms with E-state index in [1.165, 1.54) is 19.2 Å². The van der Waals surface area contributed by atoms with Crippen LogP contribution < -0.4 is 0 Å². The Hall–Kier alpha value is -2.29. The second-order valence-corrected chi connectivity index (χ2v) is 5.53. The van der Waals surface area contributed by atoms with E-state index in [-0.39, 0.29) is 28.4 Å². The zero-order valence-corrected chi connectivity index (χ0v) is 13.9. The first kappa shape index (κ1) is 20.0. The molecule has 1 aromatic heterocycles. The van der Waals surface area contributed by atoms with Gasteiger partial charge in [-0.1, -0.05) is 28.9 Å². The molecule has 0 unspecified atom stereocenters. The van der Waals surface area contributed by atoms with Crippen LogP contribution in [0.15, 0.2) is 41.7 Å². The topological polar surface area (TPSA) is 34.5 Å². The van der Waals surface area contributed by atoms with E-state index >= 15 is 0 Å². The molecule has 0 saturated heterocycles. The average Bonchev–Trinajstić information content (AvgIpc) is 2.54. The summed E-state index contributed by atoms with van der Waals surface area (Å²) in [5.41, 5.74) is -1.32. The third-order valence-corrected chi connectivity index (χ3v) is 3.65. The Morgan fingerprint density at radius 2 is 1.62 bits per heavy atom. The highest BCUT2D eigenvalue weighted by molar-refractivity contribution is 6.31. The molecule has 0 amide bonds. The molecule has 0 bridgehead atoms. The Balaban J connectivity index is 2.31.